The Morgan fingerprint density at radius 3 is 3.06 bits per heavy atom. The van der Waals surface area contributed by atoms with Crippen molar-refractivity contribution in [3.8, 4) is 5.75 Å². The van der Waals surface area contributed by atoms with Gasteiger partial charge in [-0.2, -0.15) is 12.6 Å². The Kier molecular flexibility index (Phi) is 4.12. The normalized spacial score (nSPS) is 14.9. The second kappa shape index (κ2) is 5.60. The van der Waals surface area contributed by atoms with E-state index in [9.17, 15) is 4.79 Å². The molecule has 1 amide bonds. The van der Waals surface area contributed by atoms with Gasteiger partial charge in [-0.25, -0.2) is 0 Å². The first-order valence-corrected chi connectivity index (χ1v) is 6.63. The van der Waals surface area contributed by atoms with Gasteiger partial charge in [0.1, 0.15) is 5.75 Å². The van der Waals surface area contributed by atoms with Gasteiger partial charge in [0.05, 0.1) is 5.69 Å². The Labute approximate surface area is 114 Å². The lowest BCUT2D eigenvalue weighted by Crippen LogP contribution is -2.38. The largest absolute Gasteiger partial charge is 0.482 e. The molecule has 0 aromatic heterocycles. The van der Waals surface area contributed by atoms with Crippen LogP contribution in [0.2, 0.25) is 0 Å². The van der Waals surface area contributed by atoms with Gasteiger partial charge < -0.3 is 9.64 Å². The highest BCUT2D eigenvalue weighted by molar-refractivity contribution is 9.10. The van der Waals surface area contributed by atoms with Gasteiger partial charge in [-0.15, -0.1) is 0 Å². The summed E-state index contributed by atoms with van der Waals surface area (Å²) in [6.45, 7) is 0.648. The standard InChI is InChI=1S/C12H12BrNO2S/c13-9-3-4-11-10(7-9)14(5-1-2-6-17)12(15)8-16-11/h1-4,7,17H,5-6,8H2. The Balaban J connectivity index is 2.29. The number of halogens is 1. The van der Waals surface area contributed by atoms with E-state index in [1.807, 2.05) is 30.4 Å². The number of carbonyl (C=O) groups is 1. The van der Waals surface area contributed by atoms with Gasteiger partial charge in [-0.05, 0) is 18.2 Å². The molecule has 1 aromatic rings. The number of amides is 1. The number of hydrogen-bond donors (Lipinski definition) is 1. The number of anilines is 1. The number of rotatable bonds is 3. The van der Waals surface area contributed by atoms with Gasteiger partial charge in [0.2, 0.25) is 0 Å². The van der Waals surface area contributed by atoms with Gasteiger partial charge in [0.25, 0.3) is 5.91 Å². The summed E-state index contributed by atoms with van der Waals surface area (Å²) in [6.07, 6.45) is 3.85. The molecule has 5 heteroatoms. The Hall–Kier alpha value is -0.940. The van der Waals surface area contributed by atoms with Crippen LogP contribution in [0.3, 0.4) is 0 Å². The molecule has 0 aliphatic carbocycles. The van der Waals surface area contributed by atoms with Crippen LogP contribution in [0.5, 0.6) is 5.75 Å². The summed E-state index contributed by atoms with van der Waals surface area (Å²) < 4.78 is 6.30. The summed E-state index contributed by atoms with van der Waals surface area (Å²) in [7, 11) is 0. The molecule has 0 saturated carbocycles. The number of thiol groups is 1. The first-order chi connectivity index (χ1) is 8.22. The Morgan fingerprint density at radius 1 is 1.47 bits per heavy atom. The SMILES string of the molecule is O=C1COc2ccc(Br)cc2N1CC=CCS. The average Bonchev–Trinajstić information content (AvgIpc) is 2.32. The molecule has 1 aromatic carbocycles. The maximum absolute atomic E-state index is 11.8. The van der Waals surface area contributed by atoms with Crippen molar-refractivity contribution < 1.29 is 9.53 Å². The maximum Gasteiger partial charge on any atom is 0.265 e. The average molecular weight is 314 g/mol. The third-order valence-corrected chi connectivity index (χ3v) is 3.13. The number of carbonyl (C=O) groups excluding carboxylic acids is 1. The zero-order valence-electron chi connectivity index (χ0n) is 9.10. The minimum Gasteiger partial charge on any atom is -0.482 e. The summed E-state index contributed by atoms with van der Waals surface area (Å²) >= 11 is 7.49. The van der Waals surface area contributed by atoms with Crippen LogP contribution in [0, 0.1) is 0 Å². The molecule has 0 N–H and O–H groups in total. The predicted octanol–water partition coefficient (Wildman–Crippen LogP) is 2.66. The van der Waals surface area contributed by atoms with Crippen molar-refractivity contribution in [3.05, 3.63) is 34.8 Å². The number of nitrogens with zero attached hydrogens (tertiary/aromatic N) is 1. The van der Waals surface area contributed by atoms with Crippen molar-refractivity contribution in [2.45, 2.75) is 0 Å². The fourth-order valence-electron chi connectivity index (χ4n) is 1.63. The van der Waals surface area contributed by atoms with Crippen LogP contribution in [-0.2, 0) is 4.79 Å². The lowest BCUT2D eigenvalue weighted by atomic mass is 10.2. The zero-order chi connectivity index (χ0) is 12.3. The molecule has 0 fully saturated rings. The second-order valence-electron chi connectivity index (χ2n) is 3.56. The molecule has 0 spiro atoms. The van der Waals surface area contributed by atoms with Crippen LogP contribution in [0.1, 0.15) is 0 Å². The van der Waals surface area contributed by atoms with Crippen molar-refractivity contribution in [1.82, 2.24) is 0 Å². The van der Waals surface area contributed by atoms with E-state index in [0.29, 0.717) is 12.3 Å². The fraction of sp³-hybridized carbons (Fsp3) is 0.250. The molecular formula is C12H12BrNO2S. The Bertz CT molecular complexity index is 462. The highest BCUT2D eigenvalue weighted by Gasteiger charge is 2.24. The van der Waals surface area contributed by atoms with Crippen molar-refractivity contribution in [1.29, 1.82) is 0 Å². The molecule has 3 nitrogen and oxygen atoms in total. The van der Waals surface area contributed by atoms with Gasteiger partial charge >= 0.3 is 0 Å². The van der Waals surface area contributed by atoms with Gasteiger partial charge in [0, 0.05) is 16.8 Å². The van der Waals surface area contributed by atoms with E-state index >= 15 is 0 Å². The van der Waals surface area contributed by atoms with E-state index in [1.54, 1.807) is 4.90 Å². The number of benzene rings is 1. The molecule has 17 heavy (non-hydrogen) atoms. The van der Waals surface area contributed by atoms with E-state index in [-0.39, 0.29) is 12.5 Å². The lowest BCUT2D eigenvalue weighted by Gasteiger charge is -2.28. The van der Waals surface area contributed by atoms with Crippen molar-refractivity contribution >= 4 is 40.2 Å². The smallest absolute Gasteiger partial charge is 0.265 e. The second-order valence-corrected chi connectivity index (χ2v) is 4.84. The molecule has 1 aliphatic heterocycles. The first kappa shape index (κ1) is 12.5. The molecule has 1 heterocycles. The summed E-state index contributed by atoms with van der Waals surface area (Å²) in [5.74, 6) is 1.38. The zero-order valence-corrected chi connectivity index (χ0v) is 11.6. The first-order valence-electron chi connectivity index (χ1n) is 5.21. The molecule has 0 unspecified atom stereocenters. The van der Waals surface area contributed by atoms with Crippen LogP contribution in [0.25, 0.3) is 0 Å². The number of fused-ring (bicyclic) bond motifs is 1. The van der Waals surface area contributed by atoms with Gasteiger partial charge in [-0.3, -0.25) is 4.79 Å². The molecular weight excluding hydrogens is 302 g/mol. The van der Waals surface area contributed by atoms with Gasteiger partial charge in [0.15, 0.2) is 6.61 Å². The quantitative estimate of drug-likeness (QED) is 0.687. The molecule has 0 saturated heterocycles. The molecule has 90 valence electrons. The summed E-state index contributed by atoms with van der Waals surface area (Å²) in [5.41, 5.74) is 0.805. The minimum atomic E-state index is -0.0283. The van der Waals surface area contributed by atoms with E-state index in [0.717, 1.165) is 15.9 Å². The molecule has 0 radical (unpaired) electrons. The molecule has 2 rings (SSSR count). The van der Waals surface area contributed by atoms with Crippen LogP contribution >= 0.6 is 28.6 Å². The fourth-order valence-corrected chi connectivity index (χ4v) is 2.13. The van der Waals surface area contributed by atoms with E-state index in [2.05, 4.69) is 28.6 Å². The Morgan fingerprint density at radius 2 is 2.29 bits per heavy atom. The predicted molar refractivity (Wildman–Crippen MR) is 75.0 cm³/mol. The van der Waals surface area contributed by atoms with E-state index in [1.165, 1.54) is 0 Å². The van der Waals surface area contributed by atoms with Crippen molar-refractivity contribution in [2.75, 3.05) is 23.8 Å². The maximum atomic E-state index is 11.8. The third kappa shape index (κ3) is 2.84. The van der Waals surface area contributed by atoms with E-state index in [4.69, 9.17) is 4.74 Å². The molecule has 1 aliphatic rings. The summed E-state index contributed by atoms with van der Waals surface area (Å²) in [6, 6.07) is 5.65. The monoisotopic (exact) mass is 313 g/mol. The lowest BCUT2D eigenvalue weighted by molar-refractivity contribution is -0.121. The number of ether oxygens (including phenoxy) is 1. The minimum absolute atomic E-state index is 0.0283. The van der Waals surface area contributed by atoms with Crippen LogP contribution in [-0.4, -0.2) is 24.8 Å². The van der Waals surface area contributed by atoms with Crippen LogP contribution < -0.4 is 9.64 Å². The van der Waals surface area contributed by atoms with Crippen LogP contribution in [0.4, 0.5) is 5.69 Å². The molecule has 0 atom stereocenters. The summed E-state index contributed by atoms with van der Waals surface area (Å²) in [5, 5.41) is 0. The number of hydrogen-bond acceptors (Lipinski definition) is 3. The highest BCUT2D eigenvalue weighted by Crippen LogP contribution is 2.34. The van der Waals surface area contributed by atoms with E-state index < -0.39 is 0 Å². The third-order valence-electron chi connectivity index (χ3n) is 2.42. The van der Waals surface area contributed by atoms with Gasteiger partial charge in [-0.1, -0.05) is 28.1 Å². The highest BCUT2D eigenvalue weighted by atomic mass is 79.9. The van der Waals surface area contributed by atoms with Crippen molar-refractivity contribution in [2.24, 2.45) is 0 Å². The van der Waals surface area contributed by atoms with Crippen molar-refractivity contribution in [3.63, 3.8) is 0 Å². The van der Waals surface area contributed by atoms with Crippen LogP contribution in [0.15, 0.2) is 34.8 Å². The topological polar surface area (TPSA) is 29.5 Å². The summed E-state index contributed by atoms with van der Waals surface area (Å²) in [4.78, 5) is 13.5. The molecule has 0 bridgehead atoms.